The molecule has 0 saturated carbocycles. The molecule has 3 nitrogen and oxygen atoms in total. The minimum Gasteiger partial charge on any atom is -0.402 e. The minimum absolute atomic E-state index is 0.0525. The number of nitrogens with two attached hydrogens (primary N) is 1. The Kier molecular flexibility index (Phi) is 3.19. The zero-order valence-electron chi connectivity index (χ0n) is 9.44. The Morgan fingerprint density at radius 3 is 2.71 bits per heavy atom. The molecule has 86 valence electrons. The quantitative estimate of drug-likeness (QED) is 0.757. The topological polar surface area (TPSA) is 66.9 Å². The van der Waals surface area contributed by atoms with Crippen molar-refractivity contribution in [3.63, 3.8) is 0 Å². The standard InChI is InChI=1S/C14H14N2O/c15-12-5-3-10(4-6-12)1-2-11-7-13(16)9-14(17)8-11/h1-5,8-9,15H,6-7,16H2. The molecule has 0 spiro atoms. The van der Waals surface area contributed by atoms with Crippen LogP contribution in [0.25, 0.3) is 0 Å². The molecule has 2 aliphatic carbocycles. The van der Waals surface area contributed by atoms with Gasteiger partial charge in [0.25, 0.3) is 0 Å². The van der Waals surface area contributed by atoms with Gasteiger partial charge < -0.3 is 11.1 Å². The van der Waals surface area contributed by atoms with E-state index in [4.69, 9.17) is 11.1 Å². The van der Waals surface area contributed by atoms with Crippen molar-refractivity contribution >= 4 is 11.5 Å². The maximum atomic E-state index is 11.3. The van der Waals surface area contributed by atoms with Crippen molar-refractivity contribution in [3.05, 3.63) is 59.4 Å². The maximum absolute atomic E-state index is 11.3. The first-order valence-electron chi connectivity index (χ1n) is 5.48. The third kappa shape index (κ3) is 3.14. The fourth-order valence-electron chi connectivity index (χ4n) is 1.74. The average Bonchev–Trinajstić information content (AvgIpc) is 2.27. The molecule has 0 fully saturated rings. The van der Waals surface area contributed by atoms with Crippen LogP contribution in [0.2, 0.25) is 0 Å². The predicted octanol–water partition coefficient (Wildman–Crippen LogP) is 2.19. The van der Waals surface area contributed by atoms with E-state index in [1.807, 2.05) is 24.3 Å². The van der Waals surface area contributed by atoms with Gasteiger partial charge in [-0.05, 0) is 23.3 Å². The second-order valence-corrected chi connectivity index (χ2v) is 4.12. The van der Waals surface area contributed by atoms with E-state index in [0.29, 0.717) is 24.3 Å². The fourth-order valence-corrected chi connectivity index (χ4v) is 1.74. The Hall–Kier alpha value is -2.16. The number of carbonyl (C=O) groups excluding carboxylic acids is 1. The highest BCUT2D eigenvalue weighted by atomic mass is 16.1. The van der Waals surface area contributed by atoms with Gasteiger partial charge in [0.2, 0.25) is 0 Å². The first kappa shape index (κ1) is 11.3. The fraction of sp³-hybridized carbons (Fsp3) is 0.143. The molecule has 2 rings (SSSR count). The summed E-state index contributed by atoms with van der Waals surface area (Å²) in [4.78, 5) is 11.3. The molecule has 0 saturated heterocycles. The van der Waals surface area contributed by atoms with Crippen LogP contribution in [0.5, 0.6) is 0 Å². The van der Waals surface area contributed by atoms with E-state index >= 15 is 0 Å². The van der Waals surface area contributed by atoms with Crippen LogP contribution in [-0.4, -0.2) is 11.5 Å². The van der Waals surface area contributed by atoms with E-state index in [9.17, 15) is 4.79 Å². The molecule has 3 heteroatoms. The minimum atomic E-state index is -0.0525. The molecule has 0 bridgehead atoms. The summed E-state index contributed by atoms with van der Waals surface area (Å²) in [5, 5.41) is 7.42. The van der Waals surface area contributed by atoms with Gasteiger partial charge in [0.15, 0.2) is 5.78 Å². The highest BCUT2D eigenvalue weighted by Crippen LogP contribution is 2.16. The molecule has 0 radical (unpaired) electrons. The van der Waals surface area contributed by atoms with Gasteiger partial charge in [0, 0.05) is 30.3 Å². The lowest BCUT2D eigenvalue weighted by molar-refractivity contribution is -0.110. The molecule has 0 unspecified atom stereocenters. The van der Waals surface area contributed by atoms with Crippen molar-refractivity contribution in [2.24, 2.45) is 5.73 Å². The number of ketones is 1. The van der Waals surface area contributed by atoms with Gasteiger partial charge in [-0.3, -0.25) is 4.79 Å². The van der Waals surface area contributed by atoms with Crippen molar-refractivity contribution in [3.8, 4) is 0 Å². The van der Waals surface area contributed by atoms with E-state index in [-0.39, 0.29) is 5.78 Å². The molecular weight excluding hydrogens is 212 g/mol. The summed E-state index contributed by atoms with van der Waals surface area (Å²) >= 11 is 0. The number of allylic oxidation sites excluding steroid dienone is 9. The van der Waals surface area contributed by atoms with Gasteiger partial charge in [-0.1, -0.05) is 24.3 Å². The van der Waals surface area contributed by atoms with Crippen LogP contribution in [0.4, 0.5) is 0 Å². The third-order valence-corrected chi connectivity index (χ3v) is 2.59. The molecule has 0 aliphatic heterocycles. The van der Waals surface area contributed by atoms with Gasteiger partial charge in [-0.2, -0.15) is 0 Å². The van der Waals surface area contributed by atoms with E-state index in [1.165, 1.54) is 6.08 Å². The van der Waals surface area contributed by atoms with E-state index in [0.717, 1.165) is 11.1 Å². The Bertz CT molecular complexity index is 516. The second-order valence-electron chi connectivity index (χ2n) is 4.12. The van der Waals surface area contributed by atoms with Crippen molar-refractivity contribution in [1.29, 1.82) is 5.41 Å². The molecule has 0 aromatic heterocycles. The number of rotatable bonds is 2. The van der Waals surface area contributed by atoms with Crippen LogP contribution in [0, 0.1) is 5.41 Å². The van der Waals surface area contributed by atoms with Crippen molar-refractivity contribution in [2.75, 3.05) is 0 Å². The lowest BCUT2D eigenvalue weighted by atomic mass is 10.00. The van der Waals surface area contributed by atoms with Crippen LogP contribution in [-0.2, 0) is 4.79 Å². The summed E-state index contributed by atoms with van der Waals surface area (Å²) in [6, 6.07) is 0. The summed E-state index contributed by atoms with van der Waals surface area (Å²) in [5.74, 6) is -0.0525. The van der Waals surface area contributed by atoms with Gasteiger partial charge in [-0.15, -0.1) is 0 Å². The third-order valence-electron chi connectivity index (χ3n) is 2.59. The maximum Gasteiger partial charge on any atom is 0.180 e. The molecule has 3 N–H and O–H groups in total. The van der Waals surface area contributed by atoms with E-state index < -0.39 is 0 Å². The Labute approximate surface area is 100 Å². The second kappa shape index (κ2) is 4.78. The molecular formula is C14H14N2O. The zero-order chi connectivity index (χ0) is 12.3. The SMILES string of the molecule is N=C1C=CC(C=CC2=CC(=O)C=C(N)C2)=CC1. The molecule has 0 amide bonds. The highest BCUT2D eigenvalue weighted by molar-refractivity contribution is 6.01. The summed E-state index contributed by atoms with van der Waals surface area (Å²) in [6.07, 6.45) is 13.9. The van der Waals surface area contributed by atoms with Gasteiger partial charge in [0.1, 0.15) is 0 Å². The lowest BCUT2D eigenvalue weighted by Crippen LogP contribution is -2.07. The molecule has 2 aliphatic rings. The van der Waals surface area contributed by atoms with Crippen LogP contribution in [0.1, 0.15) is 12.8 Å². The van der Waals surface area contributed by atoms with Crippen LogP contribution < -0.4 is 5.73 Å². The first-order valence-corrected chi connectivity index (χ1v) is 5.48. The first-order chi connectivity index (χ1) is 8.13. The van der Waals surface area contributed by atoms with Crippen molar-refractivity contribution < 1.29 is 4.79 Å². The van der Waals surface area contributed by atoms with E-state index in [1.54, 1.807) is 12.2 Å². The van der Waals surface area contributed by atoms with Crippen LogP contribution in [0.15, 0.2) is 59.4 Å². The zero-order valence-corrected chi connectivity index (χ0v) is 9.44. The normalized spacial score (nSPS) is 20.4. The number of nitrogens with one attached hydrogen (secondary N) is 1. The number of carbonyl (C=O) groups is 1. The predicted molar refractivity (Wildman–Crippen MR) is 68.7 cm³/mol. The monoisotopic (exact) mass is 226 g/mol. The van der Waals surface area contributed by atoms with E-state index in [2.05, 4.69) is 0 Å². The van der Waals surface area contributed by atoms with Gasteiger partial charge in [-0.25, -0.2) is 0 Å². The molecule has 0 heterocycles. The summed E-state index contributed by atoms with van der Waals surface area (Å²) in [6.45, 7) is 0. The smallest absolute Gasteiger partial charge is 0.180 e. The molecule has 0 atom stereocenters. The molecule has 0 aromatic carbocycles. The summed E-state index contributed by atoms with van der Waals surface area (Å²) < 4.78 is 0. The summed E-state index contributed by atoms with van der Waals surface area (Å²) in [7, 11) is 0. The molecule has 0 aromatic rings. The highest BCUT2D eigenvalue weighted by Gasteiger charge is 2.07. The Balaban J connectivity index is 2.05. The lowest BCUT2D eigenvalue weighted by Gasteiger charge is -2.08. The summed E-state index contributed by atoms with van der Waals surface area (Å²) in [5.41, 5.74) is 8.85. The van der Waals surface area contributed by atoms with Gasteiger partial charge in [0.05, 0.1) is 0 Å². The van der Waals surface area contributed by atoms with Gasteiger partial charge >= 0.3 is 0 Å². The molecule has 17 heavy (non-hydrogen) atoms. The average molecular weight is 226 g/mol. The number of hydrogen-bond donors (Lipinski definition) is 2. The van der Waals surface area contributed by atoms with Crippen molar-refractivity contribution in [1.82, 2.24) is 0 Å². The Morgan fingerprint density at radius 2 is 2.06 bits per heavy atom. The number of hydrogen-bond acceptors (Lipinski definition) is 3. The van der Waals surface area contributed by atoms with Crippen LogP contribution in [0.3, 0.4) is 0 Å². The van der Waals surface area contributed by atoms with Crippen molar-refractivity contribution in [2.45, 2.75) is 12.8 Å². The Morgan fingerprint density at radius 1 is 1.24 bits per heavy atom. The van der Waals surface area contributed by atoms with Crippen LogP contribution >= 0.6 is 0 Å². The largest absolute Gasteiger partial charge is 0.402 e.